The smallest absolute Gasteiger partial charge is 0.142 e. The number of nitrogens with one attached hydrogen (secondary N) is 1. The van der Waals surface area contributed by atoms with E-state index in [0.717, 1.165) is 48.9 Å². The van der Waals surface area contributed by atoms with Crippen molar-refractivity contribution in [3.63, 3.8) is 0 Å². The number of carbonyl (C=O) groups excluding carboxylic acids is 1. The summed E-state index contributed by atoms with van der Waals surface area (Å²) in [7, 11) is 1.86. The van der Waals surface area contributed by atoms with Crippen LogP contribution in [0.1, 0.15) is 62.1 Å². The molecule has 0 aliphatic heterocycles. The maximum absolute atomic E-state index is 13.2. The van der Waals surface area contributed by atoms with E-state index in [0.29, 0.717) is 29.4 Å². The zero-order valence-electron chi connectivity index (χ0n) is 21.4. The molecule has 1 aliphatic carbocycles. The maximum Gasteiger partial charge on any atom is 0.142 e. The molecule has 4 atom stereocenters. The van der Waals surface area contributed by atoms with Crippen LogP contribution in [0.15, 0.2) is 42.5 Å². The molecule has 0 amide bonds. The minimum absolute atomic E-state index is 0.201. The van der Waals surface area contributed by atoms with Crippen molar-refractivity contribution in [1.29, 1.82) is 0 Å². The maximum atomic E-state index is 13.2. The van der Waals surface area contributed by atoms with Crippen LogP contribution in [0.2, 0.25) is 10.0 Å². The molecule has 0 heterocycles. The zero-order valence-corrected chi connectivity index (χ0v) is 22.9. The largest absolute Gasteiger partial charge is 0.320 e. The second-order valence-corrected chi connectivity index (χ2v) is 10.9. The van der Waals surface area contributed by atoms with Gasteiger partial charge in [0.15, 0.2) is 0 Å². The standard InChI is InChI=1S/C28H40Cl2N4O/c1-5-15-34(16-6-2)26(19-35)14-13-24(23-12-7-20(3)17-25(23)30)28(32,27(26,31)18-33-4)21-8-10-22(29)11-9-21/h7-12,17,19,24,33H,5-6,13-16,18,31-32H2,1-4H3. The lowest BCUT2D eigenvalue weighted by molar-refractivity contribution is -0.134. The van der Waals surface area contributed by atoms with Crippen molar-refractivity contribution < 1.29 is 4.79 Å². The third-order valence-electron chi connectivity index (χ3n) is 7.93. The van der Waals surface area contributed by atoms with Crippen molar-refractivity contribution in [2.24, 2.45) is 11.5 Å². The second-order valence-electron chi connectivity index (χ2n) is 10.0. The molecule has 0 radical (unpaired) electrons. The van der Waals surface area contributed by atoms with Gasteiger partial charge in [-0.15, -0.1) is 0 Å². The van der Waals surface area contributed by atoms with E-state index in [9.17, 15) is 4.79 Å². The Hall–Kier alpha value is -1.47. The van der Waals surface area contributed by atoms with Crippen molar-refractivity contribution in [3.05, 3.63) is 69.2 Å². The Kier molecular flexibility index (Phi) is 9.06. The van der Waals surface area contributed by atoms with Crippen LogP contribution in [-0.2, 0) is 10.3 Å². The van der Waals surface area contributed by atoms with Gasteiger partial charge < -0.3 is 21.6 Å². The molecule has 1 fully saturated rings. The van der Waals surface area contributed by atoms with E-state index >= 15 is 0 Å². The molecule has 7 heteroatoms. The number of halogens is 2. The van der Waals surface area contributed by atoms with Gasteiger partial charge in [0, 0.05) is 22.5 Å². The van der Waals surface area contributed by atoms with E-state index in [1.807, 2.05) is 44.3 Å². The molecule has 0 saturated heterocycles. The van der Waals surface area contributed by atoms with Crippen molar-refractivity contribution in [3.8, 4) is 0 Å². The number of carbonyl (C=O) groups is 1. The highest BCUT2D eigenvalue weighted by Gasteiger charge is 2.67. The molecule has 0 aromatic heterocycles. The lowest BCUT2D eigenvalue weighted by Gasteiger charge is -2.64. The summed E-state index contributed by atoms with van der Waals surface area (Å²) < 4.78 is 0. The van der Waals surface area contributed by atoms with Gasteiger partial charge >= 0.3 is 0 Å². The fraction of sp³-hybridized carbons (Fsp3) is 0.536. The molecular formula is C28H40Cl2N4O. The first-order valence-corrected chi connectivity index (χ1v) is 13.4. The molecule has 1 aliphatic rings. The summed E-state index contributed by atoms with van der Waals surface area (Å²) in [5, 5.41) is 4.58. The van der Waals surface area contributed by atoms with E-state index < -0.39 is 16.6 Å². The van der Waals surface area contributed by atoms with Crippen LogP contribution in [0.25, 0.3) is 0 Å². The highest BCUT2D eigenvalue weighted by molar-refractivity contribution is 6.31. The molecular weight excluding hydrogens is 479 g/mol. The molecule has 4 unspecified atom stereocenters. The molecule has 0 spiro atoms. The summed E-state index contributed by atoms with van der Waals surface area (Å²) in [6.07, 6.45) is 4.16. The van der Waals surface area contributed by atoms with Gasteiger partial charge in [0.25, 0.3) is 0 Å². The Morgan fingerprint density at radius 3 is 2.23 bits per heavy atom. The van der Waals surface area contributed by atoms with Crippen LogP contribution in [-0.4, -0.2) is 48.9 Å². The van der Waals surface area contributed by atoms with Gasteiger partial charge in [-0.3, -0.25) is 4.90 Å². The molecule has 1 saturated carbocycles. The SMILES string of the molecule is CCCN(CCC)C1(C=O)CCC(c2ccc(C)cc2Cl)C(N)(c2ccc(Cl)cc2)C1(N)CNC. The van der Waals surface area contributed by atoms with E-state index in [1.165, 1.54) is 0 Å². The monoisotopic (exact) mass is 518 g/mol. The quantitative estimate of drug-likeness (QED) is 0.385. The Bertz CT molecular complexity index is 1010. The van der Waals surface area contributed by atoms with Gasteiger partial charge in [0.2, 0.25) is 0 Å². The summed E-state index contributed by atoms with van der Waals surface area (Å²) in [6, 6.07) is 13.7. The van der Waals surface area contributed by atoms with Crippen LogP contribution >= 0.6 is 23.2 Å². The second kappa shape index (κ2) is 11.3. The Labute approximate surface area is 220 Å². The number of aldehydes is 1. The zero-order chi connectivity index (χ0) is 25.9. The summed E-state index contributed by atoms with van der Waals surface area (Å²) in [6.45, 7) is 8.16. The highest BCUT2D eigenvalue weighted by atomic mass is 35.5. The minimum Gasteiger partial charge on any atom is -0.320 e. The normalized spacial score (nSPS) is 28.9. The number of likely N-dealkylation sites (N-methyl/N-ethyl adjacent to an activating group) is 1. The van der Waals surface area contributed by atoms with E-state index in [-0.39, 0.29) is 5.92 Å². The van der Waals surface area contributed by atoms with Gasteiger partial charge in [-0.2, -0.15) is 0 Å². The van der Waals surface area contributed by atoms with E-state index in [2.05, 4.69) is 36.2 Å². The van der Waals surface area contributed by atoms with E-state index in [4.69, 9.17) is 34.7 Å². The summed E-state index contributed by atoms with van der Waals surface area (Å²) >= 11 is 13.1. The Balaban J connectivity index is 2.36. The van der Waals surface area contributed by atoms with Crippen molar-refractivity contribution in [2.75, 3.05) is 26.7 Å². The number of hydrogen-bond donors (Lipinski definition) is 3. The summed E-state index contributed by atoms with van der Waals surface area (Å²) in [4.78, 5) is 15.5. The number of benzene rings is 2. The average molecular weight is 520 g/mol. The number of nitrogens with zero attached hydrogens (tertiary/aromatic N) is 1. The third kappa shape index (κ3) is 4.68. The van der Waals surface area contributed by atoms with Gasteiger partial charge in [-0.05, 0) is 87.6 Å². The summed E-state index contributed by atoms with van der Waals surface area (Å²) in [5.74, 6) is -0.201. The van der Waals surface area contributed by atoms with Crippen molar-refractivity contribution >= 4 is 29.5 Å². The molecule has 2 aromatic rings. The van der Waals surface area contributed by atoms with Gasteiger partial charge in [-0.25, -0.2) is 0 Å². The Morgan fingerprint density at radius 1 is 1.09 bits per heavy atom. The molecule has 35 heavy (non-hydrogen) atoms. The highest BCUT2D eigenvalue weighted by Crippen LogP contribution is 2.56. The van der Waals surface area contributed by atoms with Crippen LogP contribution in [0.4, 0.5) is 0 Å². The molecule has 0 bridgehead atoms. The number of rotatable bonds is 10. The fourth-order valence-electron chi connectivity index (χ4n) is 6.29. The topological polar surface area (TPSA) is 84.4 Å². The summed E-state index contributed by atoms with van der Waals surface area (Å²) in [5.41, 5.74) is 14.8. The van der Waals surface area contributed by atoms with Gasteiger partial charge in [0.1, 0.15) is 6.29 Å². The molecule has 5 nitrogen and oxygen atoms in total. The molecule has 192 valence electrons. The molecule has 3 rings (SSSR count). The van der Waals surface area contributed by atoms with Gasteiger partial charge in [0.05, 0.1) is 16.6 Å². The van der Waals surface area contributed by atoms with Crippen LogP contribution in [0.5, 0.6) is 0 Å². The minimum atomic E-state index is -1.15. The van der Waals surface area contributed by atoms with Crippen molar-refractivity contribution in [1.82, 2.24) is 10.2 Å². The number of nitrogens with two attached hydrogens (primary N) is 2. The van der Waals surface area contributed by atoms with Crippen LogP contribution < -0.4 is 16.8 Å². The first-order chi connectivity index (χ1) is 16.6. The fourth-order valence-corrected chi connectivity index (χ4v) is 6.78. The molecule has 2 aromatic carbocycles. The average Bonchev–Trinajstić information content (AvgIpc) is 2.82. The van der Waals surface area contributed by atoms with E-state index in [1.54, 1.807) is 0 Å². The molecule has 5 N–H and O–H groups in total. The first kappa shape index (κ1) is 28.1. The predicted molar refractivity (Wildman–Crippen MR) is 147 cm³/mol. The van der Waals surface area contributed by atoms with Crippen molar-refractivity contribution in [2.45, 2.75) is 69.0 Å². The first-order valence-electron chi connectivity index (χ1n) is 12.6. The third-order valence-corrected chi connectivity index (χ3v) is 8.51. The van der Waals surface area contributed by atoms with Gasteiger partial charge in [-0.1, -0.05) is 61.3 Å². The Morgan fingerprint density at radius 2 is 1.71 bits per heavy atom. The van der Waals surface area contributed by atoms with Crippen LogP contribution in [0, 0.1) is 6.92 Å². The predicted octanol–water partition coefficient (Wildman–Crippen LogP) is 5.01. The lowest BCUT2D eigenvalue weighted by atomic mass is 9.50. The van der Waals surface area contributed by atoms with Crippen LogP contribution in [0.3, 0.4) is 0 Å². The number of aryl methyl sites for hydroxylation is 1. The number of hydrogen-bond acceptors (Lipinski definition) is 5. The lowest BCUT2D eigenvalue weighted by Crippen LogP contribution is -2.85.